The molecule has 1 N–H and O–H groups in total. The quantitative estimate of drug-likeness (QED) is 0.524. The zero-order valence-electron chi connectivity index (χ0n) is 17.3. The number of carbonyl (C=O) groups is 1. The molecule has 0 unspecified atom stereocenters. The second kappa shape index (κ2) is 10.0. The monoisotopic (exact) mass is 428 g/mol. The van der Waals surface area contributed by atoms with Crippen LogP contribution in [0.3, 0.4) is 0 Å². The minimum atomic E-state index is -0.175. The van der Waals surface area contributed by atoms with Gasteiger partial charge in [0.2, 0.25) is 5.91 Å². The van der Waals surface area contributed by atoms with Crippen LogP contribution in [0.2, 0.25) is 0 Å². The van der Waals surface area contributed by atoms with E-state index in [1.165, 1.54) is 11.8 Å². The molecule has 8 nitrogen and oxygen atoms in total. The van der Waals surface area contributed by atoms with Gasteiger partial charge in [0.1, 0.15) is 23.1 Å². The van der Waals surface area contributed by atoms with Crippen LogP contribution in [0.1, 0.15) is 11.4 Å². The molecule has 0 aliphatic rings. The molecule has 0 spiro atoms. The van der Waals surface area contributed by atoms with Crippen molar-refractivity contribution in [1.82, 2.24) is 14.8 Å². The minimum absolute atomic E-state index is 0.175. The molecular weight excluding hydrogens is 404 g/mol. The van der Waals surface area contributed by atoms with Crippen molar-refractivity contribution in [3.63, 3.8) is 0 Å². The summed E-state index contributed by atoms with van der Waals surface area (Å²) >= 11 is 1.32. The van der Waals surface area contributed by atoms with Crippen LogP contribution in [0.25, 0.3) is 0 Å². The number of amides is 1. The number of carbonyl (C=O) groups excluding carboxylic acids is 1. The maximum absolute atomic E-state index is 12.4. The molecule has 3 rings (SSSR count). The van der Waals surface area contributed by atoms with E-state index >= 15 is 0 Å². The summed E-state index contributed by atoms with van der Waals surface area (Å²) in [5.41, 5.74) is 1.66. The van der Waals surface area contributed by atoms with Gasteiger partial charge in [0.15, 0.2) is 5.16 Å². The summed E-state index contributed by atoms with van der Waals surface area (Å²) < 4.78 is 17.6. The molecule has 0 fully saturated rings. The molecule has 158 valence electrons. The first-order chi connectivity index (χ1) is 14.5. The van der Waals surface area contributed by atoms with Crippen molar-refractivity contribution < 1.29 is 19.0 Å². The molecule has 3 aromatic rings. The summed E-state index contributed by atoms with van der Waals surface area (Å²) in [7, 11) is 6.66. The molecule has 0 saturated carbocycles. The summed E-state index contributed by atoms with van der Waals surface area (Å²) in [4.78, 5) is 12.4. The molecule has 1 heterocycles. The van der Waals surface area contributed by atoms with E-state index in [4.69, 9.17) is 14.2 Å². The van der Waals surface area contributed by atoms with Gasteiger partial charge in [0.25, 0.3) is 0 Å². The lowest BCUT2D eigenvalue weighted by atomic mass is 10.1. The molecule has 2 aromatic carbocycles. The Morgan fingerprint density at radius 3 is 2.37 bits per heavy atom. The standard InChI is InChI=1S/C21H24N4O4S/c1-25-19(11-14-5-7-15(27-2)8-6-14)23-24-21(25)30-13-20(26)22-17-12-16(28-3)9-10-18(17)29-4/h5-10,12H,11,13H2,1-4H3,(H,22,26). The number of nitrogens with one attached hydrogen (secondary N) is 1. The number of benzene rings is 2. The maximum atomic E-state index is 12.4. The average molecular weight is 429 g/mol. The van der Waals surface area contributed by atoms with Gasteiger partial charge in [-0.05, 0) is 29.8 Å². The summed E-state index contributed by atoms with van der Waals surface area (Å²) in [6.07, 6.45) is 0.640. The minimum Gasteiger partial charge on any atom is -0.497 e. The van der Waals surface area contributed by atoms with Crippen LogP contribution in [-0.2, 0) is 18.3 Å². The van der Waals surface area contributed by atoms with E-state index in [2.05, 4.69) is 15.5 Å². The summed E-state index contributed by atoms with van der Waals surface area (Å²) in [5.74, 6) is 2.84. The maximum Gasteiger partial charge on any atom is 0.234 e. The number of nitrogens with zero attached hydrogens (tertiary/aromatic N) is 3. The number of thioether (sulfide) groups is 1. The molecule has 9 heteroatoms. The highest BCUT2D eigenvalue weighted by molar-refractivity contribution is 7.99. The van der Waals surface area contributed by atoms with Crippen LogP contribution in [0.4, 0.5) is 5.69 Å². The van der Waals surface area contributed by atoms with Gasteiger partial charge < -0.3 is 24.1 Å². The Balaban J connectivity index is 1.60. The second-order valence-corrected chi connectivity index (χ2v) is 7.33. The fraction of sp³-hybridized carbons (Fsp3) is 0.286. The molecule has 0 bridgehead atoms. The van der Waals surface area contributed by atoms with Crippen LogP contribution < -0.4 is 19.5 Å². The van der Waals surface area contributed by atoms with Gasteiger partial charge in [0.05, 0.1) is 32.8 Å². The third kappa shape index (κ3) is 5.24. The zero-order chi connectivity index (χ0) is 21.5. The van der Waals surface area contributed by atoms with Crippen molar-refractivity contribution in [2.45, 2.75) is 11.6 Å². The van der Waals surface area contributed by atoms with Crippen molar-refractivity contribution in [1.29, 1.82) is 0 Å². The lowest BCUT2D eigenvalue weighted by Gasteiger charge is -2.11. The molecule has 1 aromatic heterocycles. The van der Waals surface area contributed by atoms with E-state index in [0.717, 1.165) is 17.1 Å². The number of hydrogen-bond acceptors (Lipinski definition) is 7. The first-order valence-electron chi connectivity index (χ1n) is 9.20. The predicted molar refractivity (Wildman–Crippen MR) is 116 cm³/mol. The van der Waals surface area contributed by atoms with E-state index in [1.807, 2.05) is 35.9 Å². The highest BCUT2D eigenvalue weighted by Gasteiger charge is 2.14. The average Bonchev–Trinajstić information content (AvgIpc) is 3.12. The van der Waals surface area contributed by atoms with Crippen LogP contribution >= 0.6 is 11.8 Å². The Morgan fingerprint density at radius 1 is 1.00 bits per heavy atom. The van der Waals surface area contributed by atoms with E-state index in [0.29, 0.717) is 28.8 Å². The van der Waals surface area contributed by atoms with Gasteiger partial charge in [0, 0.05) is 19.5 Å². The molecule has 0 saturated heterocycles. The van der Waals surface area contributed by atoms with Crippen molar-refractivity contribution in [3.8, 4) is 17.2 Å². The van der Waals surface area contributed by atoms with Gasteiger partial charge in [-0.1, -0.05) is 23.9 Å². The highest BCUT2D eigenvalue weighted by atomic mass is 32.2. The number of aromatic nitrogens is 3. The molecule has 0 aliphatic heterocycles. The third-order valence-corrected chi connectivity index (χ3v) is 5.48. The number of anilines is 1. The largest absolute Gasteiger partial charge is 0.497 e. The second-order valence-electron chi connectivity index (χ2n) is 6.39. The van der Waals surface area contributed by atoms with E-state index < -0.39 is 0 Å². The molecule has 0 atom stereocenters. The Labute approximate surface area is 179 Å². The van der Waals surface area contributed by atoms with Gasteiger partial charge in [-0.2, -0.15) is 0 Å². The Kier molecular flexibility index (Phi) is 7.18. The fourth-order valence-electron chi connectivity index (χ4n) is 2.78. The van der Waals surface area contributed by atoms with Gasteiger partial charge in [-0.15, -0.1) is 10.2 Å². The van der Waals surface area contributed by atoms with Gasteiger partial charge in [-0.25, -0.2) is 0 Å². The van der Waals surface area contributed by atoms with Crippen LogP contribution in [-0.4, -0.2) is 47.8 Å². The number of methoxy groups -OCH3 is 3. The highest BCUT2D eigenvalue weighted by Crippen LogP contribution is 2.29. The van der Waals surface area contributed by atoms with Crippen LogP contribution in [0.15, 0.2) is 47.6 Å². The van der Waals surface area contributed by atoms with E-state index in [9.17, 15) is 4.79 Å². The molecule has 1 amide bonds. The SMILES string of the molecule is COc1ccc(Cc2nnc(SCC(=O)Nc3cc(OC)ccc3OC)n2C)cc1. The summed E-state index contributed by atoms with van der Waals surface area (Å²) in [6, 6.07) is 13.1. The Hall–Kier alpha value is -3.20. The van der Waals surface area contributed by atoms with E-state index in [-0.39, 0.29) is 11.7 Å². The predicted octanol–water partition coefficient (Wildman–Crippen LogP) is 3.16. The van der Waals surface area contributed by atoms with Crippen molar-refractivity contribution in [3.05, 3.63) is 53.9 Å². The molecular formula is C21H24N4O4S. The van der Waals surface area contributed by atoms with Crippen LogP contribution in [0.5, 0.6) is 17.2 Å². The topological polar surface area (TPSA) is 87.5 Å². The summed E-state index contributed by atoms with van der Waals surface area (Å²) in [6.45, 7) is 0. The lowest BCUT2D eigenvalue weighted by molar-refractivity contribution is -0.113. The number of hydrogen-bond donors (Lipinski definition) is 1. The molecule has 0 radical (unpaired) electrons. The van der Waals surface area contributed by atoms with Crippen molar-refractivity contribution in [2.75, 3.05) is 32.4 Å². The third-order valence-electron chi connectivity index (χ3n) is 4.46. The van der Waals surface area contributed by atoms with Gasteiger partial charge in [-0.3, -0.25) is 4.79 Å². The first-order valence-corrected chi connectivity index (χ1v) is 10.2. The fourth-order valence-corrected chi connectivity index (χ4v) is 3.51. The molecule has 0 aliphatic carbocycles. The van der Waals surface area contributed by atoms with Crippen LogP contribution in [0, 0.1) is 0 Å². The van der Waals surface area contributed by atoms with E-state index in [1.54, 1.807) is 39.5 Å². The normalized spacial score (nSPS) is 10.5. The number of rotatable bonds is 9. The smallest absolute Gasteiger partial charge is 0.234 e. The van der Waals surface area contributed by atoms with Crippen molar-refractivity contribution in [2.24, 2.45) is 7.05 Å². The lowest BCUT2D eigenvalue weighted by Crippen LogP contribution is -2.15. The summed E-state index contributed by atoms with van der Waals surface area (Å²) in [5, 5.41) is 12.0. The Morgan fingerprint density at radius 2 is 1.70 bits per heavy atom. The van der Waals surface area contributed by atoms with Gasteiger partial charge >= 0.3 is 0 Å². The van der Waals surface area contributed by atoms with Crippen molar-refractivity contribution >= 4 is 23.4 Å². The molecule has 30 heavy (non-hydrogen) atoms. The number of ether oxygens (including phenoxy) is 3. The Bertz CT molecular complexity index is 1000. The first kappa shape index (κ1) is 21.5. The zero-order valence-corrected chi connectivity index (χ0v) is 18.2.